The van der Waals surface area contributed by atoms with Crippen molar-refractivity contribution in [1.29, 1.82) is 5.26 Å². The summed E-state index contributed by atoms with van der Waals surface area (Å²) in [5.74, 6) is 0.520. The summed E-state index contributed by atoms with van der Waals surface area (Å²) in [5, 5.41) is 8.83. The van der Waals surface area contributed by atoms with Gasteiger partial charge in [0.1, 0.15) is 0 Å². The minimum absolute atomic E-state index is 0.0618. The molecule has 0 aromatic heterocycles. The van der Waals surface area contributed by atoms with Crippen LogP contribution in [0.4, 0.5) is 0 Å². The van der Waals surface area contributed by atoms with E-state index >= 15 is 0 Å². The Bertz CT molecular complexity index is 688. The normalized spacial score (nSPS) is 18.9. The van der Waals surface area contributed by atoms with Gasteiger partial charge in [-0.3, -0.25) is 4.79 Å². The van der Waals surface area contributed by atoms with E-state index in [1.165, 1.54) is 11.8 Å². The first-order valence-corrected chi connectivity index (χ1v) is 9.28. The lowest BCUT2D eigenvalue weighted by Crippen LogP contribution is -2.41. The first kappa shape index (κ1) is 19.8. The van der Waals surface area contributed by atoms with Crippen LogP contribution in [0.25, 0.3) is 6.08 Å². The predicted molar refractivity (Wildman–Crippen MR) is 103 cm³/mol. The van der Waals surface area contributed by atoms with E-state index in [9.17, 15) is 4.79 Å². The Labute approximate surface area is 154 Å². The lowest BCUT2D eigenvalue weighted by molar-refractivity contribution is -0.109. The Morgan fingerprint density at radius 3 is 2.24 bits per heavy atom. The van der Waals surface area contributed by atoms with Gasteiger partial charge >= 0.3 is 7.12 Å². The highest BCUT2D eigenvalue weighted by molar-refractivity contribution is 8.13. The molecular formula is C19H24BNO3S. The van der Waals surface area contributed by atoms with E-state index < -0.39 is 18.3 Å². The third-order valence-electron chi connectivity index (χ3n) is 4.61. The van der Waals surface area contributed by atoms with Crippen molar-refractivity contribution in [1.82, 2.24) is 0 Å². The second-order valence-corrected chi connectivity index (χ2v) is 8.32. The van der Waals surface area contributed by atoms with Gasteiger partial charge in [-0.15, -0.1) is 0 Å². The van der Waals surface area contributed by atoms with Crippen LogP contribution in [-0.4, -0.2) is 29.2 Å². The van der Waals surface area contributed by atoms with Gasteiger partial charge in [0.05, 0.1) is 23.7 Å². The van der Waals surface area contributed by atoms with Crippen LogP contribution in [0.15, 0.2) is 29.7 Å². The van der Waals surface area contributed by atoms with Gasteiger partial charge in [-0.25, -0.2) is 0 Å². The second-order valence-electron chi connectivity index (χ2n) is 7.16. The predicted octanol–water partition coefficient (Wildman–Crippen LogP) is 4.05. The van der Waals surface area contributed by atoms with Gasteiger partial charge in [0.2, 0.25) is 0 Å². The van der Waals surface area contributed by atoms with E-state index in [2.05, 4.69) is 6.07 Å². The molecular weight excluding hydrogens is 333 g/mol. The smallest absolute Gasteiger partial charge is 0.400 e. The van der Waals surface area contributed by atoms with Crippen molar-refractivity contribution in [3.05, 3.63) is 40.9 Å². The Hall–Kier alpha value is -1.55. The van der Waals surface area contributed by atoms with Gasteiger partial charge in [-0.2, -0.15) is 5.26 Å². The maximum Gasteiger partial charge on any atom is 0.491 e. The minimum Gasteiger partial charge on any atom is -0.400 e. The van der Waals surface area contributed by atoms with Crippen molar-refractivity contribution >= 4 is 30.1 Å². The summed E-state index contributed by atoms with van der Waals surface area (Å²) < 4.78 is 12.3. The number of hydrogen-bond donors (Lipinski definition) is 0. The molecule has 1 heterocycles. The van der Waals surface area contributed by atoms with Gasteiger partial charge in [0.25, 0.3) is 0 Å². The molecule has 0 bridgehead atoms. The topological polar surface area (TPSA) is 59.3 Å². The number of thioether (sulfide) groups is 1. The zero-order valence-electron chi connectivity index (χ0n) is 15.5. The Morgan fingerprint density at radius 1 is 1.20 bits per heavy atom. The number of nitrogens with zero attached hydrogens (tertiary/aromatic N) is 1. The summed E-state index contributed by atoms with van der Waals surface area (Å²) in [7, 11) is -0.476. The minimum atomic E-state index is -0.476. The highest BCUT2D eigenvalue weighted by atomic mass is 32.2. The molecule has 0 unspecified atom stereocenters. The fourth-order valence-corrected chi connectivity index (χ4v) is 2.98. The summed E-state index contributed by atoms with van der Waals surface area (Å²) in [6.07, 6.45) is 2.41. The summed E-state index contributed by atoms with van der Waals surface area (Å²) in [6, 6.07) is 9.96. The highest BCUT2D eigenvalue weighted by Gasteiger charge is 2.52. The average Bonchev–Trinajstić information content (AvgIpc) is 2.73. The fourth-order valence-electron chi connectivity index (χ4n) is 2.39. The van der Waals surface area contributed by atoms with Gasteiger partial charge in [0, 0.05) is 12.7 Å². The lowest BCUT2D eigenvalue weighted by atomic mass is 9.78. The van der Waals surface area contributed by atoms with E-state index in [1.54, 1.807) is 6.92 Å². The molecule has 2 rings (SSSR count). The first-order valence-electron chi connectivity index (χ1n) is 8.30. The number of rotatable bonds is 5. The van der Waals surface area contributed by atoms with E-state index in [-0.39, 0.29) is 5.12 Å². The maximum atomic E-state index is 11.4. The number of benzene rings is 1. The van der Waals surface area contributed by atoms with E-state index in [1.807, 2.05) is 58.0 Å². The monoisotopic (exact) mass is 357 g/mol. The van der Waals surface area contributed by atoms with Crippen LogP contribution >= 0.6 is 11.8 Å². The molecule has 6 heteroatoms. The average molecular weight is 357 g/mol. The van der Waals surface area contributed by atoms with Crippen molar-refractivity contribution < 1.29 is 14.1 Å². The van der Waals surface area contributed by atoms with Crippen LogP contribution in [0.2, 0.25) is 0 Å². The Balaban J connectivity index is 2.27. The molecule has 0 spiro atoms. The third kappa shape index (κ3) is 4.98. The maximum absolute atomic E-state index is 11.4. The van der Waals surface area contributed by atoms with Gasteiger partial charge in [0.15, 0.2) is 5.12 Å². The molecule has 132 valence electrons. The molecule has 1 fully saturated rings. The summed E-state index contributed by atoms with van der Waals surface area (Å²) in [6.45, 7) is 9.61. The molecule has 25 heavy (non-hydrogen) atoms. The largest absolute Gasteiger partial charge is 0.491 e. The van der Waals surface area contributed by atoms with Crippen molar-refractivity contribution in [2.45, 2.75) is 52.2 Å². The molecule has 4 nitrogen and oxygen atoms in total. The second kappa shape index (κ2) is 7.78. The third-order valence-corrected chi connectivity index (χ3v) is 5.50. The Morgan fingerprint density at radius 2 is 1.76 bits per heavy atom. The van der Waals surface area contributed by atoms with Gasteiger partial charge < -0.3 is 9.31 Å². The fraction of sp³-hybridized carbons (Fsp3) is 0.474. The lowest BCUT2D eigenvalue weighted by Gasteiger charge is -2.32. The number of nitriles is 1. The molecule has 1 aliphatic heterocycles. The molecule has 0 saturated carbocycles. The standard InChI is InChI=1S/C19H24BNO3S/c1-14(22)25-13-17(20-23-18(2,3)19(4,5)24-20)12-16-8-6-15(7-9-16)10-11-21/h6-9,12H,10,13H2,1-5H3. The number of carbonyl (C=O) groups is 1. The molecule has 0 radical (unpaired) electrons. The van der Waals surface area contributed by atoms with Crippen LogP contribution in [-0.2, 0) is 20.5 Å². The molecule has 1 aliphatic rings. The molecule has 0 N–H and O–H groups in total. The van der Waals surface area contributed by atoms with E-state index in [0.717, 1.165) is 16.6 Å². The van der Waals surface area contributed by atoms with Crippen LogP contribution in [0.1, 0.15) is 45.7 Å². The summed E-state index contributed by atoms with van der Waals surface area (Å²) in [5.41, 5.74) is 2.06. The van der Waals surface area contributed by atoms with Crippen LogP contribution in [0, 0.1) is 11.3 Å². The quantitative estimate of drug-likeness (QED) is 0.744. The first-order chi connectivity index (χ1) is 11.6. The highest BCUT2D eigenvalue weighted by Crippen LogP contribution is 2.39. The molecule has 0 amide bonds. The van der Waals surface area contributed by atoms with Crippen molar-refractivity contribution in [2.24, 2.45) is 0 Å². The van der Waals surface area contributed by atoms with E-state index in [4.69, 9.17) is 14.6 Å². The molecule has 1 aromatic carbocycles. The van der Waals surface area contributed by atoms with Crippen molar-refractivity contribution in [2.75, 3.05) is 5.75 Å². The van der Waals surface area contributed by atoms with Crippen molar-refractivity contribution in [3.8, 4) is 6.07 Å². The van der Waals surface area contributed by atoms with E-state index in [0.29, 0.717) is 12.2 Å². The van der Waals surface area contributed by atoms with Crippen LogP contribution in [0.5, 0.6) is 0 Å². The van der Waals surface area contributed by atoms with Crippen LogP contribution < -0.4 is 0 Å². The zero-order chi connectivity index (χ0) is 18.7. The van der Waals surface area contributed by atoms with Crippen molar-refractivity contribution in [3.63, 3.8) is 0 Å². The molecule has 1 saturated heterocycles. The SMILES string of the molecule is CC(=O)SCC(=Cc1ccc(CC#N)cc1)B1OC(C)(C)C(C)(C)O1. The Kier molecular flexibility index (Phi) is 6.15. The molecule has 1 aromatic rings. The van der Waals surface area contributed by atoms with Gasteiger partial charge in [-0.1, -0.05) is 42.1 Å². The van der Waals surface area contributed by atoms with Crippen LogP contribution in [0.3, 0.4) is 0 Å². The zero-order valence-corrected chi connectivity index (χ0v) is 16.3. The van der Waals surface area contributed by atoms with Gasteiger partial charge in [-0.05, 0) is 44.3 Å². The number of carbonyl (C=O) groups excluding carboxylic acids is 1. The summed E-state index contributed by atoms with van der Waals surface area (Å²) >= 11 is 1.25. The summed E-state index contributed by atoms with van der Waals surface area (Å²) in [4.78, 5) is 11.4. The number of hydrogen-bond acceptors (Lipinski definition) is 5. The molecule has 0 atom stereocenters. The molecule has 0 aliphatic carbocycles.